The largest absolute Gasteiger partial charge is 0.510 e. The fourth-order valence-corrected chi connectivity index (χ4v) is 0.744. The Morgan fingerprint density at radius 3 is 1.75 bits per heavy atom. The van der Waals surface area contributed by atoms with Crippen molar-refractivity contribution >= 4 is 17.9 Å². The Morgan fingerprint density at radius 2 is 1.50 bits per heavy atom. The van der Waals surface area contributed by atoms with Crippen LogP contribution in [0.2, 0.25) is 0 Å². The molecular weight excluding hydrogens is 301 g/mol. The minimum atomic E-state index is -1.91. The smallest absolute Gasteiger partial charge is 0.336 e. The molecule has 0 rings (SSSR count). The monoisotopic (exact) mass is 310 g/mol. The molecule has 0 saturated carbocycles. The van der Waals surface area contributed by atoms with Crippen LogP contribution in [0.15, 0.2) is 0 Å². The minimum absolute atomic E-state index is 0. The van der Waals surface area contributed by atoms with Gasteiger partial charge >= 0.3 is 11.9 Å². The Kier molecular flexibility index (Phi) is 9.35. The molecule has 16 heavy (non-hydrogen) atoms. The summed E-state index contributed by atoms with van der Waals surface area (Å²) in [6.07, 6.45) is -3.69. The van der Waals surface area contributed by atoms with E-state index in [-0.39, 0.29) is 39.3 Å². The topological polar surface area (TPSA) is 130 Å². The van der Waals surface area contributed by atoms with E-state index in [2.05, 4.69) is 9.47 Å². The maximum atomic E-state index is 10.5. The molecule has 89 valence electrons. The molecule has 0 aromatic carbocycles. The first-order valence-corrected chi connectivity index (χ1v) is 3.60. The van der Waals surface area contributed by atoms with Gasteiger partial charge in [0.25, 0.3) is 0 Å². The zero-order valence-corrected chi connectivity index (χ0v) is 11.0. The van der Waals surface area contributed by atoms with Gasteiger partial charge in [0.05, 0.1) is 0 Å². The first kappa shape index (κ1) is 17.7. The summed E-state index contributed by atoms with van der Waals surface area (Å²) < 4.78 is 8.60. The van der Waals surface area contributed by atoms with E-state index in [1.807, 2.05) is 0 Å². The fourth-order valence-electron chi connectivity index (χ4n) is 0.744. The molecule has 2 unspecified atom stereocenters. The third-order valence-corrected chi connectivity index (χ3v) is 1.33. The molecule has 2 atom stereocenters. The van der Waals surface area contributed by atoms with Crippen LogP contribution in [0.3, 0.4) is 0 Å². The van der Waals surface area contributed by atoms with Crippen LogP contribution in [0.5, 0.6) is 0 Å². The van der Waals surface area contributed by atoms with Crippen molar-refractivity contribution in [3.8, 4) is 0 Å². The van der Waals surface area contributed by atoms with Crippen molar-refractivity contribution in [2.75, 3.05) is 7.11 Å². The van der Waals surface area contributed by atoms with E-state index in [1.165, 1.54) is 0 Å². The van der Waals surface area contributed by atoms with Gasteiger partial charge < -0.3 is 24.8 Å². The van der Waals surface area contributed by atoms with Crippen LogP contribution < -0.4 is 0 Å². The second-order valence-electron chi connectivity index (χ2n) is 2.35. The molecule has 0 bridgehead atoms. The van der Waals surface area contributed by atoms with E-state index in [9.17, 15) is 14.4 Å². The van der Waals surface area contributed by atoms with Crippen LogP contribution >= 0.6 is 0 Å². The second-order valence-corrected chi connectivity index (χ2v) is 2.35. The minimum Gasteiger partial charge on any atom is -0.510 e. The molecule has 0 spiro atoms. The molecule has 0 aliphatic heterocycles. The van der Waals surface area contributed by atoms with Crippen molar-refractivity contribution in [3.63, 3.8) is 0 Å². The average Bonchev–Trinajstić information content (AvgIpc) is 2.10. The molecule has 0 fully saturated rings. The molecule has 0 aliphatic rings. The third-order valence-electron chi connectivity index (χ3n) is 1.33. The molecular formula is C7H9O8Y-. The number of carbonyl (C=O) groups is 3. The van der Waals surface area contributed by atoms with Gasteiger partial charge in [-0.15, -0.1) is 0 Å². The predicted molar refractivity (Wildman–Crippen MR) is 42.9 cm³/mol. The quantitative estimate of drug-likeness (QED) is 0.500. The number of rotatable bonds is 7. The number of aliphatic carboxylic acids is 3. The standard InChI is InChI=1S/C7H9O8.Y/c1-14-4(6(10)11)5(7(12)13)15-2-3(8)9;/h2,4-5H,1H3,(H,8,9)(H,10,11)(H,12,13);/q-1;. The van der Waals surface area contributed by atoms with Crippen LogP contribution in [-0.4, -0.2) is 52.5 Å². The first-order chi connectivity index (χ1) is 6.90. The Morgan fingerprint density at radius 1 is 1.06 bits per heavy atom. The summed E-state index contributed by atoms with van der Waals surface area (Å²) in [5.74, 6) is -4.73. The summed E-state index contributed by atoms with van der Waals surface area (Å²) in [5.41, 5.74) is 0. The van der Waals surface area contributed by atoms with E-state index in [0.717, 1.165) is 7.11 Å². The molecule has 0 heterocycles. The van der Waals surface area contributed by atoms with Crippen LogP contribution in [0.4, 0.5) is 0 Å². The maximum Gasteiger partial charge on any atom is 0.336 e. The Balaban J connectivity index is 0. The second kappa shape index (κ2) is 8.46. The molecule has 3 N–H and O–H groups in total. The summed E-state index contributed by atoms with van der Waals surface area (Å²) in [4.78, 5) is 31.1. The number of ether oxygens (including phenoxy) is 2. The maximum absolute atomic E-state index is 10.5. The first-order valence-electron chi connectivity index (χ1n) is 3.60. The van der Waals surface area contributed by atoms with Gasteiger partial charge in [0, 0.05) is 39.8 Å². The van der Waals surface area contributed by atoms with Crippen molar-refractivity contribution in [3.05, 3.63) is 6.61 Å². The summed E-state index contributed by atoms with van der Waals surface area (Å²) in [7, 11) is 0.971. The Bertz CT molecular complexity index is 265. The van der Waals surface area contributed by atoms with Crippen molar-refractivity contribution < 1.29 is 71.9 Å². The van der Waals surface area contributed by atoms with Crippen molar-refractivity contribution in [2.45, 2.75) is 12.2 Å². The van der Waals surface area contributed by atoms with Gasteiger partial charge in [-0.2, -0.15) is 6.61 Å². The SMILES string of the molecule is COC(C(=O)O)C(O[CH-]C(=O)O)C(=O)O.[Y]. The number of carboxylic acids is 3. The van der Waals surface area contributed by atoms with E-state index in [0.29, 0.717) is 0 Å². The molecule has 8 nitrogen and oxygen atoms in total. The molecule has 0 aromatic rings. The van der Waals surface area contributed by atoms with E-state index >= 15 is 0 Å². The molecule has 9 heteroatoms. The third kappa shape index (κ3) is 6.01. The Labute approximate surface area is 115 Å². The number of carboxylic acid groups (broad SMARTS) is 3. The molecule has 0 aliphatic carbocycles. The van der Waals surface area contributed by atoms with Gasteiger partial charge in [0.15, 0.2) is 18.2 Å². The average molecular weight is 310 g/mol. The van der Waals surface area contributed by atoms with Gasteiger partial charge in [0.2, 0.25) is 0 Å². The molecule has 0 saturated heterocycles. The van der Waals surface area contributed by atoms with E-state index in [1.54, 1.807) is 0 Å². The normalized spacial score (nSPS) is 13.1. The van der Waals surface area contributed by atoms with Crippen LogP contribution in [0.25, 0.3) is 0 Å². The fraction of sp³-hybridized carbons (Fsp3) is 0.429. The van der Waals surface area contributed by atoms with Gasteiger partial charge in [-0.05, 0) is 0 Å². The van der Waals surface area contributed by atoms with Crippen molar-refractivity contribution in [1.29, 1.82) is 0 Å². The Hall–Kier alpha value is -0.696. The van der Waals surface area contributed by atoms with Gasteiger partial charge in [-0.1, -0.05) is 0 Å². The van der Waals surface area contributed by atoms with Gasteiger partial charge in [0.1, 0.15) is 0 Å². The molecule has 0 amide bonds. The summed E-state index contributed by atoms with van der Waals surface area (Å²) in [6, 6.07) is 0. The summed E-state index contributed by atoms with van der Waals surface area (Å²) in [5, 5.41) is 25.3. The van der Waals surface area contributed by atoms with Crippen molar-refractivity contribution in [1.82, 2.24) is 0 Å². The summed E-state index contributed by atoms with van der Waals surface area (Å²) >= 11 is 0. The summed E-state index contributed by atoms with van der Waals surface area (Å²) in [6.45, 7) is 0.188. The van der Waals surface area contributed by atoms with E-state index in [4.69, 9.17) is 15.3 Å². The number of hydrogen-bond donors (Lipinski definition) is 3. The molecule has 0 aromatic heterocycles. The zero-order valence-electron chi connectivity index (χ0n) is 8.19. The van der Waals surface area contributed by atoms with Crippen LogP contribution in [0, 0.1) is 6.61 Å². The van der Waals surface area contributed by atoms with Crippen LogP contribution in [0.1, 0.15) is 0 Å². The van der Waals surface area contributed by atoms with Crippen LogP contribution in [-0.2, 0) is 56.6 Å². The zero-order chi connectivity index (χ0) is 12.0. The predicted octanol–water partition coefficient (Wildman–Crippen LogP) is -1.20. The van der Waals surface area contributed by atoms with Crippen molar-refractivity contribution in [2.24, 2.45) is 0 Å². The number of methoxy groups -OCH3 is 1. The molecule has 1 radical (unpaired) electrons. The van der Waals surface area contributed by atoms with Gasteiger partial charge in [-0.3, -0.25) is 4.79 Å². The number of hydrogen-bond acceptors (Lipinski definition) is 5. The van der Waals surface area contributed by atoms with Gasteiger partial charge in [-0.25, -0.2) is 9.59 Å². The van der Waals surface area contributed by atoms with E-state index < -0.39 is 30.1 Å².